The molecule has 3 aromatic rings. The number of hydrogen-bond acceptors (Lipinski definition) is 6. The third-order valence-corrected chi connectivity index (χ3v) is 11.0. The van der Waals surface area contributed by atoms with Crippen LogP contribution in [0.5, 0.6) is 0 Å². The summed E-state index contributed by atoms with van der Waals surface area (Å²) < 4.78 is 9.96. The molecule has 1 amide bonds. The zero-order chi connectivity index (χ0) is 29.1. The SMILES string of the molecule is COCCC(=O)Nc1ccc(C(=O)OC)c(Nc2ccc(N(C)c3ccc(C45CC6CC7CC(C4)C75C6)cc3)cc2)c1. The molecule has 5 unspecified atom stereocenters. The number of fused-ring (bicyclic) bond motifs is 1. The quantitative estimate of drug-likeness (QED) is 0.257. The molecule has 0 aliphatic heterocycles. The van der Waals surface area contributed by atoms with Crippen molar-refractivity contribution in [1.82, 2.24) is 0 Å². The number of benzene rings is 3. The van der Waals surface area contributed by atoms with Gasteiger partial charge in [0.2, 0.25) is 5.91 Å². The second-order valence-electron chi connectivity index (χ2n) is 12.8. The van der Waals surface area contributed by atoms with Crippen molar-refractivity contribution >= 4 is 40.3 Å². The summed E-state index contributed by atoms with van der Waals surface area (Å²) in [6.45, 7) is 0.338. The molecule has 5 atom stereocenters. The van der Waals surface area contributed by atoms with Gasteiger partial charge in [-0.25, -0.2) is 4.79 Å². The van der Waals surface area contributed by atoms with Crippen molar-refractivity contribution in [3.8, 4) is 0 Å². The second kappa shape index (κ2) is 10.2. The molecule has 0 radical (unpaired) electrons. The molecule has 4 fully saturated rings. The van der Waals surface area contributed by atoms with Gasteiger partial charge in [-0.1, -0.05) is 12.1 Å². The van der Waals surface area contributed by atoms with Gasteiger partial charge < -0.3 is 25.0 Å². The fraction of sp³-hybridized carbons (Fsp3) is 0.429. The molecule has 0 aromatic heterocycles. The van der Waals surface area contributed by atoms with E-state index in [0.29, 0.717) is 34.4 Å². The largest absolute Gasteiger partial charge is 0.465 e. The first-order valence-electron chi connectivity index (χ1n) is 15.1. The van der Waals surface area contributed by atoms with Crippen molar-refractivity contribution < 1.29 is 19.1 Å². The first-order valence-corrected chi connectivity index (χ1v) is 15.1. The van der Waals surface area contributed by atoms with E-state index in [1.807, 2.05) is 12.1 Å². The fourth-order valence-corrected chi connectivity index (χ4v) is 9.20. The molecule has 1 spiro atoms. The van der Waals surface area contributed by atoms with Crippen LogP contribution in [0.3, 0.4) is 0 Å². The van der Waals surface area contributed by atoms with Gasteiger partial charge in [0.05, 0.1) is 31.4 Å². The number of methoxy groups -OCH3 is 2. The lowest BCUT2D eigenvalue weighted by Gasteiger charge is -2.73. The first kappa shape index (κ1) is 27.0. The topological polar surface area (TPSA) is 79.9 Å². The monoisotopic (exact) mass is 565 g/mol. The van der Waals surface area contributed by atoms with Crippen molar-refractivity contribution in [3.63, 3.8) is 0 Å². The minimum atomic E-state index is -0.454. The predicted octanol–water partition coefficient (Wildman–Crippen LogP) is 7.04. The molecule has 0 heterocycles. The highest BCUT2D eigenvalue weighted by atomic mass is 16.5. The van der Waals surface area contributed by atoms with Gasteiger partial charge in [0, 0.05) is 42.3 Å². The highest BCUT2D eigenvalue weighted by molar-refractivity contribution is 5.99. The summed E-state index contributed by atoms with van der Waals surface area (Å²) in [5, 5.41) is 6.18. The van der Waals surface area contributed by atoms with E-state index in [2.05, 4.69) is 59.0 Å². The van der Waals surface area contributed by atoms with Gasteiger partial charge in [-0.05, 0) is 115 Å². The van der Waals surface area contributed by atoms with Crippen molar-refractivity contribution in [1.29, 1.82) is 0 Å². The van der Waals surface area contributed by atoms with Crippen LogP contribution in [0.1, 0.15) is 54.4 Å². The minimum absolute atomic E-state index is 0.159. The predicted molar refractivity (Wildman–Crippen MR) is 165 cm³/mol. The van der Waals surface area contributed by atoms with Gasteiger partial charge in [-0.3, -0.25) is 4.79 Å². The molecule has 4 aliphatic carbocycles. The Labute approximate surface area is 247 Å². The van der Waals surface area contributed by atoms with E-state index < -0.39 is 5.97 Å². The van der Waals surface area contributed by atoms with Gasteiger partial charge >= 0.3 is 5.97 Å². The van der Waals surface area contributed by atoms with Crippen molar-refractivity contribution in [3.05, 3.63) is 77.9 Å². The summed E-state index contributed by atoms with van der Waals surface area (Å²) in [4.78, 5) is 26.8. The lowest BCUT2D eigenvalue weighted by atomic mass is 9.31. The van der Waals surface area contributed by atoms with E-state index in [0.717, 1.165) is 29.1 Å². The van der Waals surface area contributed by atoms with Gasteiger partial charge in [-0.15, -0.1) is 0 Å². The second-order valence-corrected chi connectivity index (χ2v) is 12.8. The van der Waals surface area contributed by atoms with Crippen LogP contribution >= 0.6 is 0 Å². The molecular weight excluding hydrogens is 526 g/mol. The minimum Gasteiger partial charge on any atom is -0.465 e. The number of ether oxygens (including phenoxy) is 2. The number of anilines is 5. The smallest absolute Gasteiger partial charge is 0.339 e. The zero-order valence-corrected chi connectivity index (χ0v) is 24.6. The number of carbonyl (C=O) groups is 2. The van der Waals surface area contributed by atoms with Crippen LogP contribution in [0.25, 0.3) is 0 Å². The van der Waals surface area contributed by atoms with Crippen molar-refractivity contribution in [2.45, 2.75) is 43.9 Å². The Kier molecular flexibility index (Phi) is 6.54. The van der Waals surface area contributed by atoms with Gasteiger partial charge in [-0.2, -0.15) is 0 Å². The average molecular weight is 566 g/mol. The number of nitrogens with zero attached hydrogens (tertiary/aromatic N) is 1. The van der Waals surface area contributed by atoms with Crippen LogP contribution in [0.15, 0.2) is 66.7 Å². The van der Waals surface area contributed by atoms with Crippen LogP contribution in [-0.4, -0.2) is 39.8 Å². The van der Waals surface area contributed by atoms with Gasteiger partial charge in [0.15, 0.2) is 0 Å². The maximum absolute atomic E-state index is 12.4. The molecule has 2 bridgehead atoms. The number of carbonyl (C=O) groups excluding carboxylic acids is 2. The molecular formula is C35H39N3O4. The van der Waals surface area contributed by atoms with Crippen LogP contribution in [0.4, 0.5) is 28.4 Å². The molecule has 4 saturated carbocycles. The van der Waals surface area contributed by atoms with E-state index in [9.17, 15) is 9.59 Å². The van der Waals surface area contributed by atoms with Crippen LogP contribution < -0.4 is 15.5 Å². The molecule has 0 saturated heterocycles. The molecule has 7 rings (SSSR count). The average Bonchev–Trinajstić information content (AvgIpc) is 3.50. The Morgan fingerprint density at radius 1 is 0.881 bits per heavy atom. The molecule has 7 nitrogen and oxygen atoms in total. The third kappa shape index (κ3) is 4.04. The highest BCUT2D eigenvalue weighted by Gasteiger charge is 2.80. The maximum Gasteiger partial charge on any atom is 0.339 e. The summed E-state index contributed by atoms with van der Waals surface area (Å²) in [6, 6.07) is 22.6. The van der Waals surface area contributed by atoms with E-state index in [1.54, 1.807) is 30.9 Å². The molecule has 3 aromatic carbocycles. The molecule has 4 aliphatic rings. The van der Waals surface area contributed by atoms with E-state index in [4.69, 9.17) is 9.47 Å². The Balaban J connectivity index is 1.05. The Bertz CT molecular complexity index is 1520. The normalized spacial score (nSPS) is 27.8. The van der Waals surface area contributed by atoms with E-state index in [-0.39, 0.29) is 12.3 Å². The summed E-state index contributed by atoms with van der Waals surface area (Å²) >= 11 is 0. The van der Waals surface area contributed by atoms with Crippen molar-refractivity contribution in [2.75, 3.05) is 43.4 Å². The third-order valence-electron chi connectivity index (χ3n) is 11.0. The van der Waals surface area contributed by atoms with E-state index >= 15 is 0 Å². The van der Waals surface area contributed by atoms with Crippen LogP contribution in [0, 0.1) is 23.2 Å². The summed E-state index contributed by atoms with van der Waals surface area (Å²) in [7, 11) is 5.01. The molecule has 218 valence electrons. The zero-order valence-electron chi connectivity index (χ0n) is 24.6. The number of nitrogens with one attached hydrogen (secondary N) is 2. The number of amides is 1. The van der Waals surface area contributed by atoms with Gasteiger partial charge in [0.25, 0.3) is 0 Å². The van der Waals surface area contributed by atoms with Crippen molar-refractivity contribution in [2.24, 2.45) is 23.2 Å². The Hall–Kier alpha value is -3.84. The van der Waals surface area contributed by atoms with E-state index in [1.165, 1.54) is 44.9 Å². The molecule has 2 N–H and O–H groups in total. The fourth-order valence-electron chi connectivity index (χ4n) is 9.20. The summed E-state index contributed by atoms with van der Waals surface area (Å²) in [5.74, 6) is 2.34. The summed E-state index contributed by atoms with van der Waals surface area (Å²) in [6.07, 6.45) is 7.53. The van der Waals surface area contributed by atoms with Crippen LogP contribution in [0.2, 0.25) is 0 Å². The number of esters is 1. The maximum atomic E-state index is 12.4. The van der Waals surface area contributed by atoms with Gasteiger partial charge in [0.1, 0.15) is 0 Å². The number of hydrogen-bond donors (Lipinski definition) is 2. The standard InChI is InChI=1S/C35H39N3O4/c1-38(28-9-4-23(5-10-28)34-19-22-16-24-17-25(21-34)35(24,34)20-22)29-11-6-26(7-12-29)36-31-18-27(37-32(39)14-15-41-2)8-13-30(31)33(40)42-3/h4-13,18,22,24-25,36H,14-17,19-21H2,1-3H3,(H,37,39). The lowest BCUT2D eigenvalue weighted by molar-refractivity contribution is -0.198. The lowest BCUT2D eigenvalue weighted by Crippen LogP contribution is -2.68. The Morgan fingerprint density at radius 2 is 1.60 bits per heavy atom. The molecule has 7 heteroatoms. The Morgan fingerprint density at radius 3 is 2.26 bits per heavy atom. The van der Waals surface area contributed by atoms with Crippen LogP contribution in [-0.2, 0) is 19.7 Å². The summed E-state index contributed by atoms with van der Waals surface area (Å²) in [5.41, 5.74) is 7.25. The molecule has 42 heavy (non-hydrogen) atoms. The first-order chi connectivity index (χ1) is 20.4. The highest BCUT2D eigenvalue weighted by Crippen LogP contribution is 2.86. The number of rotatable bonds is 10.